The molecule has 0 amide bonds. The summed E-state index contributed by atoms with van der Waals surface area (Å²) in [5.74, 6) is -0.695. The second-order valence-electron chi connectivity index (χ2n) is 2.33. The summed E-state index contributed by atoms with van der Waals surface area (Å²) < 4.78 is 4.50. The van der Waals surface area contributed by atoms with Crippen molar-refractivity contribution in [1.82, 2.24) is 0 Å². The van der Waals surface area contributed by atoms with Crippen molar-refractivity contribution in [3.05, 3.63) is 33.8 Å². The lowest BCUT2D eigenvalue weighted by Gasteiger charge is -2.03. The van der Waals surface area contributed by atoms with Crippen molar-refractivity contribution in [3.8, 4) is 0 Å². The molecule has 0 aliphatic heterocycles. The SMILES string of the molecule is NC(=S)OC(=O)c1ccc(Cl)cc1Cl. The average molecular weight is 250 g/mol. The first-order valence-electron chi connectivity index (χ1n) is 3.47. The maximum atomic E-state index is 11.3. The largest absolute Gasteiger partial charge is 0.396 e. The van der Waals surface area contributed by atoms with Crippen molar-refractivity contribution in [2.24, 2.45) is 5.73 Å². The summed E-state index contributed by atoms with van der Waals surface area (Å²) >= 11 is 15.8. The molecule has 0 fully saturated rings. The van der Waals surface area contributed by atoms with Gasteiger partial charge in [0.05, 0.1) is 10.6 Å². The topological polar surface area (TPSA) is 52.3 Å². The molecule has 0 aliphatic carbocycles. The van der Waals surface area contributed by atoms with Gasteiger partial charge >= 0.3 is 5.97 Å². The maximum Gasteiger partial charge on any atom is 0.346 e. The van der Waals surface area contributed by atoms with Crippen LogP contribution in [0.15, 0.2) is 18.2 Å². The molecule has 0 atom stereocenters. The van der Waals surface area contributed by atoms with Crippen molar-refractivity contribution in [2.75, 3.05) is 0 Å². The van der Waals surface area contributed by atoms with Gasteiger partial charge in [-0.25, -0.2) is 4.79 Å². The van der Waals surface area contributed by atoms with Crippen LogP contribution in [0.4, 0.5) is 0 Å². The Bertz CT molecular complexity index is 395. The van der Waals surface area contributed by atoms with Crippen LogP contribution in [0.1, 0.15) is 10.4 Å². The van der Waals surface area contributed by atoms with Crippen molar-refractivity contribution in [3.63, 3.8) is 0 Å². The third-order valence-electron chi connectivity index (χ3n) is 1.34. The molecule has 0 aliphatic rings. The van der Waals surface area contributed by atoms with Gasteiger partial charge in [0, 0.05) is 5.02 Å². The molecule has 0 saturated carbocycles. The van der Waals surface area contributed by atoms with Crippen LogP contribution in [0, 0.1) is 0 Å². The van der Waals surface area contributed by atoms with Gasteiger partial charge in [-0.3, -0.25) is 0 Å². The number of esters is 1. The van der Waals surface area contributed by atoms with E-state index < -0.39 is 5.97 Å². The molecule has 0 radical (unpaired) electrons. The molecule has 74 valence electrons. The first-order valence-corrected chi connectivity index (χ1v) is 4.64. The minimum Gasteiger partial charge on any atom is -0.396 e. The van der Waals surface area contributed by atoms with E-state index in [0.717, 1.165) is 0 Å². The molecular weight excluding hydrogens is 245 g/mol. The van der Waals surface area contributed by atoms with E-state index in [-0.39, 0.29) is 15.8 Å². The van der Waals surface area contributed by atoms with Gasteiger partial charge in [-0.15, -0.1) is 0 Å². The highest BCUT2D eigenvalue weighted by Gasteiger charge is 2.12. The smallest absolute Gasteiger partial charge is 0.346 e. The Labute approximate surface area is 95.7 Å². The van der Waals surface area contributed by atoms with Crippen LogP contribution in [0.5, 0.6) is 0 Å². The van der Waals surface area contributed by atoms with E-state index >= 15 is 0 Å². The second kappa shape index (κ2) is 4.59. The molecule has 0 saturated heterocycles. The second-order valence-corrected chi connectivity index (χ2v) is 3.58. The van der Waals surface area contributed by atoms with Gasteiger partial charge in [0.15, 0.2) is 0 Å². The Morgan fingerprint density at radius 2 is 2.07 bits per heavy atom. The fraction of sp³-hybridized carbons (Fsp3) is 0. The lowest BCUT2D eigenvalue weighted by molar-refractivity contribution is 0.0720. The summed E-state index contributed by atoms with van der Waals surface area (Å²) in [7, 11) is 0. The van der Waals surface area contributed by atoms with Gasteiger partial charge in [0.2, 0.25) is 0 Å². The first-order chi connectivity index (χ1) is 6.50. The summed E-state index contributed by atoms with van der Waals surface area (Å²) in [6.07, 6.45) is 0. The van der Waals surface area contributed by atoms with Gasteiger partial charge in [0.25, 0.3) is 5.17 Å². The van der Waals surface area contributed by atoms with Crippen LogP contribution in [0.25, 0.3) is 0 Å². The number of halogens is 2. The summed E-state index contributed by atoms with van der Waals surface area (Å²) in [6.45, 7) is 0. The van der Waals surface area contributed by atoms with E-state index in [2.05, 4.69) is 17.0 Å². The monoisotopic (exact) mass is 249 g/mol. The molecular formula is C8H5Cl2NO2S. The van der Waals surface area contributed by atoms with Crippen LogP contribution >= 0.6 is 35.4 Å². The number of thiocarbonyl (C=S) groups is 1. The number of hydrogen-bond donors (Lipinski definition) is 1. The average Bonchev–Trinajstić information content (AvgIpc) is 2.01. The highest BCUT2D eigenvalue weighted by Crippen LogP contribution is 2.21. The third kappa shape index (κ3) is 2.83. The van der Waals surface area contributed by atoms with Gasteiger partial charge < -0.3 is 10.5 Å². The zero-order chi connectivity index (χ0) is 10.7. The Hall–Kier alpha value is -0.840. The van der Waals surface area contributed by atoms with Crippen LogP contribution in [-0.4, -0.2) is 11.1 Å². The predicted octanol–water partition coefficient (Wildman–Crippen LogP) is 2.39. The van der Waals surface area contributed by atoms with E-state index in [9.17, 15) is 4.79 Å². The van der Waals surface area contributed by atoms with Crippen LogP contribution in [0.3, 0.4) is 0 Å². The number of carbonyl (C=O) groups is 1. The molecule has 0 aromatic heterocycles. The minimum atomic E-state index is -0.695. The lowest BCUT2D eigenvalue weighted by atomic mass is 10.2. The molecule has 1 aromatic rings. The number of ether oxygens (including phenoxy) is 1. The number of hydrogen-bond acceptors (Lipinski definition) is 3. The summed E-state index contributed by atoms with van der Waals surface area (Å²) in [5, 5.41) is 0.279. The van der Waals surface area contributed by atoms with Crippen molar-refractivity contribution in [2.45, 2.75) is 0 Å². The molecule has 0 heterocycles. The van der Waals surface area contributed by atoms with E-state index in [4.69, 9.17) is 28.9 Å². The highest BCUT2D eigenvalue weighted by molar-refractivity contribution is 7.80. The highest BCUT2D eigenvalue weighted by atomic mass is 35.5. The molecule has 0 bridgehead atoms. The van der Waals surface area contributed by atoms with Crippen LogP contribution in [-0.2, 0) is 4.74 Å². The molecule has 2 N–H and O–H groups in total. The number of carbonyl (C=O) groups excluding carboxylic acids is 1. The Kier molecular flexibility index (Phi) is 3.69. The molecule has 0 unspecified atom stereocenters. The van der Waals surface area contributed by atoms with Gasteiger partial charge in [-0.1, -0.05) is 23.2 Å². The van der Waals surface area contributed by atoms with Gasteiger partial charge in [-0.2, -0.15) is 0 Å². The van der Waals surface area contributed by atoms with Crippen LogP contribution in [0.2, 0.25) is 10.0 Å². The number of rotatable bonds is 1. The zero-order valence-corrected chi connectivity index (χ0v) is 9.12. The maximum absolute atomic E-state index is 11.3. The van der Waals surface area contributed by atoms with Crippen molar-refractivity contribution in [1.29, 1.82) is 0 Å². The summed E-state index contributed by atoms with van der Waals surface area (Å²) in [6, 6.07) is 4.38. The van der Waals surface area contributed by atoms with E-state index in [1.807, 2.05) is 0 Å². The fourth-order valence-corrected chi connectivity index (χ4v) is 1.36. The fourth-order valence-electron chi connectivity index (χ4n) is 0.801. The third-order valence-corrected chi connectivity index (χ3v) is 1.98. The normalized spacial score (nSPS) is 9.57. The Morgan fingerprint density at radius 1 is 1.43 bits per heavy atom. The number of nitrogens with two attached hydrogens (primary N) is 1. The quantitative estimate of drug-likeness (QED) is 0.614. The van der Waals surface area contributed by atoms with E-state index in [1.165, 1.54) is 18.2 Å². The number of benzene rings is 1. The molecule has 0 spiro atoms. The standard InChI is InChI=1S/C8H5Cl2NO2S/c9-4-1-2-5(6(10)3-4)7(12)13-8(11)14/h1-3H,(H2,11,14). The molecule has 6 heteroatoms. The van der Waals surface area contributed by atoms with Crippen LogP contribution < -0.4 is 5.73 Å². The van der Waals surface area contributed by atoms with E-state index in [1.54, 1.807) is 0 Å². The zero-order valence-electron chi connectivity index (χ0n) is 6.79. The van der Waals surface area contributed by atoms with Gasteiger partial charge in [-0.05, 0) is 30.4 Å². The van der Waals surface area contributed by atoms with E-state index in [0.29, 0.717) is 5.02 Å². The van der Waals surface area contributed by atoms with Crippen molar-refractivity contribution >= 4 is 46.6 Å². The molecule has 1 rings (SSSR count). The minimum absolute atomic E-state index is 0.170. The Balaban J connectivity index is 2.96. The summed E-state index contributed by atoms with van der Waals surface area (Å²) in [5.41, 5.74) is 5.20. The molecule has 1 aromatic carbocycles. The Morgan fingerprint density at radius 3 is 2.57 bits per heavy atom. The van der Waals surface area contributed by atoms with Crippen molar-refractivity contribution < 1.29 is 9.53 Å². The molecule has 14 heavy (non-hydrogen) atoms. The predicted molar refractivity (Wildman–Crippen MR) is 58.7 cm³/mol. The summed E-state index contributed by atoms with van der Waals surface area (Å²) in [4.78, 5) is 11.3. The first kappa shape index (κ1) is 11.2. The molecule has 3 nitrogen and oxygen atoms in total. The van der Waals surface area contributed by atoms with Gasteiger partial charge in [0.1, 0.15) is 0 Å². The lowest BCUT2D eigenvalue weighted by Crippen LogP contribution is -2.18.